The first-order chi connectivity index (χ1) is 22.5. The summed E-state index contributed by atoms with van der Waals surface area (Å²) in [5.74, 6) is 2.61. The van der Waals surface area contributed by atoms with Crippen LogP contribution in [-0.2, 0) is 4.74 Å². The van der Waals surface area contributed by atoms with Gasteiger partial charge >= 0.3 is 6.09 Å². The molecular formula is C38H50FN5O3. The highest BCUT2D eigenvalue weighted by molar-refractivity contribution is 5.75. The Balaban J connectivity index is 1.08. The lowest BCUT2D eigenvalue weighted by Crippen LogP contribution is -2.42. The molecule has 1 aromatic heterocycles. The Morgan fingerprint density at radius 3 is 2.55 bits per heavy atom. The topological polar surface area (TPSA) is 79.8 Å². The van der Waals surface area contributed by atoms with E-state index in [9.17, 15) is 9.18 Å². The van der Waals surface area contributed by atoms with Crippen molar-refractivity contribution in [1.82, 2.24) is 20.2 Å². The van der Waals surface area contributed by atoms with Crippen LogP contribution in [0.25, 0.3) is 11.1 Å². The number of benzene rings is 2. The number of hydrogen-bond donors (Lipinski definition) is 1. The zero-order chi connectivity index (χ0) is 33.2. The SMILES string of the molecule is CC(C)c1ccccc1-c1cc(F)ccc1Oc1cncnc1N1CCC2(CCN(CC3CCC(NC(=O)OC(C)(C)C)CC3)C2)C1. The minimum Gasteiger partial charge on any atom is -0.451 e. The smallest absolute Gasteiger partial charge is 0.407 e. The standard InChI is InChI=1S/C38H50FN5O3/c1-26(2)30-8-6-7-9-31(30)32-20-28(39)12-15-33(32)46-34-21-40-25-41-35(34)44-19-17-38(24-44)16-18-43(23-38)22-27-10-13-29(14-11-27)42-36(45)47-37(3,4)5/h6-9,12,15,20-21,25-27,29H,10-11,13-14,16-19,22-24H2,1-5H3,(H,42,45). The second-order valence-corrected chi connectivity index (χ2v) is 15.2. The molecule has 6 rings (SSSR count). The van der Waals surface area contributed by atoms with Gasteiger partial charge in [0.2, 0.25) is 0 Å². The van der Waals surface area contributed by atoms with Crippen LogP contribution >= 0.6 is 0 Å². The van der Waals surface area contributed by atoms with Crippen molar-refractivity contribution < 1.29 is 18.7 Å². The summed E-state index contributed by atoms with van der Waals surface area (Å²) in [5, 5.41) is 3.07. The average Bonchev–Trinajstić information content (AvgIpc) is 3.63. The minimum absolute atomic E-state index is 0.203. The predicted molar refractivity (Wildman–Crippen MR) is 183 cm³/mol. The van der Waals surface area contributed by atoms with E-state index >= 15 is 0 Å². The highest BCUT2D eigenvalue weighted by Crippen LogP contribution is 2.45. The van der Waals surface area contributed by atoms with Crippen LogP contribution in [0.5, 0.6) is 11.5 Å². The number of aromatic nitrogens is 2. The third-order valence-electron chi connectivity index (χ3n) is 10.0. The fourth-order valence-electron chi connectivity index (χ4n) is 7.75. The molecule has 1 amide bonds. The Bertz CT molecular complexity index is 1550. The Kier molecular flexibility index (Phi) is 9.74. The molecular weight excluding hydrogens is 593 g/mol. The lowest BCUT2D eigenvalue weighted by atomic mass is 9.85. The highest BCUT2D eigenvalue weighted by Gasteiger charge is 2.44. The van der Waals surface area contributed by atoms with Crippen molar-refractivity contribution in [3.63, 3.8) is 0 Å². The molecule has 2 aliphatic heterocycles. The number of nitrogens with zero attached hydrogens (tertiary/aromatic N) is 4. The zero-order valence-corrected chi connectivity index (χ0v) is 28.6. The molecule has 2 saturated heterocycles. The molecule has 1 aliphatic carbocycles. The maximum Gasteiger partial charge on any atom is 0.407 e. The number of rotatable bonds is 8. The number of hydrogen-bond acceptors (Lipinski definition) is 7. The van der Waals surface area contributed by atoms with Crippen molar-refractivity contribution in [1.29, 1.82) is 0 Å². The van der Waals surface area contributed by atoms with Gasteiger partial charge in [0.15, 0.2) is 11.6 Å². The number of nitrogens with one attached hydrogen (secondary N) is 1. The van der Waals surface area contributed by atoms with Gasteiger partial charge in [0.05, 0.1) is 6.20 Å². The summed E-state index contributed by atoms with van der Waals surface area (Å²) in [6.07, 6.45) is 9.57. The van der Waals surface area contributed by atoms with Crippen molar-refractivity contribution in [2.24, 2.45) is 11.3 Å². The van der Waals surface area contributed by atoms with E-state index in [0.717, 1.165) is 87.3 Å². The van der Waals surface area contributed by atoms with Gasteiger partial charge in [-0.15, -0.1) is 0 Å². The maximum atomic E-state index is 14.6. The summed E-state index contributed by atoms with van der Waals surface area (Å²) in [7, 11) is 0. The molecule has 47 heavy (non-hydrogen) atoms. The fourth-order valence-corrected chi connectivity index (χ4v) is 7.75. The van der Waals surface area contributed by atoms with E-state index in [2.05, 4.69) is 40.0 Å². The van der Waals surface area contributed by atoms with Gasteiger partial charge in [-0.1, -0.05) is 38.1 Å². The Morgan fingerprint density at radius 1 is 1.02 bits per heavy atom. The normalized spacial score (nSPS) is 23.4. The van der Waals surface area contributed by atoms with E-state index in [0.29, 0.717) is 17.4 Å². The average molecular weight is 644 g/mol. The van der Waals surface area contributed by atoms with E-state index in [4.69, 9.17) is 14.5 Å². The Morgan fingerprint density at radius 2 is 1.79 bits per heavy atom. The van der Waals surface area contributed by atoms with E-state index < -0.39 is 5.60 Å². The summed E-state index contributed by atoms with van der Waals surface area (Å²) >= 11 is 0. The number of ether oxygens (including phenoxy) is 2. The molecule has 8 nitrogen and oxygen atoms in total. The van der Waals surface area contributed by atoms with Gasteiger partial charge in [0.25, 0.3) is 0 Å². The van der Waals surface area contributed by atoms with Crippen molar-refractivity contribution in [2.75, 3.05) is 37.6 Å². The Hall–Kier alpha value is -3.72. The third-order valence-corrected chi connectivity index (χ3v) is 10.0. The predicted octanol–water partition coefficient (Wildman–Crippen LogP) is 8.18. The van der Waals surface area contributed by atoms with Gasteiger partial charge < -0.3 is 24.6 Å². The van der Waals surface area contributed by atoms with Crippen LogP contribution in [-0.4, -0.2) is 65.3 Å². The van der Waals surface area contributed by atoms with Gasteiger partial charge in [-0.05, 0) is 107 Å². The van der Waals surface area contributed by atoms with Gasteiger partial charge in [-0.2, -0.15) is 0 Å². The first-order valence-corrected chi connectivity index (χ1v) is 17.3. The largest absolute Gasteiger partial charge is 0.451 e. The second-order valence-electron chi connectivity index (χ2n) is 15.2. The number of alkyl carbamates (subject to hydrolysis) is 1. The molecule has 1 spiro atoms. The monoisotopic (exact) mass is 643 g/mol. The second kappa shape index (κ2) is 13.8. The number of carbonyl (C=O) groups excluding carboxylic acids is 1. The molecule has 3 heterocycles. The van der Waals surface area contributed by atoms with E-state index in [1.54, 1.807) is 24.7 Å². The summed E-state index contributed by atoms with van der Waals surface area (Å²) < 4.78 is 26.6. The summed E-state index contributed by atoms with van der Waals surface area (Å²) in [5.41, 5.74) is 2.59. The lowest BCUT2D eigenvalue weighted by Gasteiger charge is -2.32. The minimum atomic E-state index is -0.475. The number of amides is 1. The number of anilines is 1. The summed E-state index contributed by atoms with van der Waals surface area (Å²) in [6.45, 7) is 15.1. The molecule has 2 aromatic carbocycles. The van der Waals surface area contributed by atoms with E-state index in [-0.39, 0.29) is 29.3 Å². The van der Waals surface area contributed by atoms with Crippen LogP contribution in [0, 0.1) is 17.2 Å². The molecule has 1 unspecified atom stereocenters. The van der Waals surface area contributed by atoms with Crippen LogP contribution in [0.3, 0.4) is 0 Å². The molecule has 1 atom stereocenters. The van der Waals surface area contributed by atoms with Crippen LogP contribution in [0.1, 0.15) is 84.6 Å². The van der Waals surface area contributed by atoms with Crippen molar-refractivity contribution in [2.45, 2.75) is 90.7 Å². The summed E-state index contributed by atoms with van der Waals surface area (Å²) in [6, 6.07) is 13.0. The number of likely N-dealkylation sites (tertiary alicyclic amines) is 1. The molecule has 9 heteroatoms. The van der Waals surface area contributed by atoms with Crippen LogP contribution in [0.15, 0.2) is 55.0 Å². The quantitative estimate of drug-likeness (QED) is 0.265. The molecule has 1 saturated carbocycles. The first-order valence-electron chi connectivity index (χ1n) is 17.3. The zero-order valence-electron chi connectivity index (χ0n) is 28.6. The molecule has 1 N–H and O–H groups in total. The van der Waals surface area contributed by atoms with E-state index in [1.165, 1.54) is 12.5 Å². The van der Waals surface area contributed by atoms with Gasteiger partial charge in [0.1, 0.15) is 23.5 Å². The molecule has 252 valence electrons. The highest BCUT2D eigenvalue weighted by atomic mass is 19.1. The fraction of sp³-hybridized carbons (Fsp3) is 0.553. The van der Waals surface area contributed by atoms with Gasteiger partial charge in [0, 0.05) is 43.2 Å². The van der Waals surface area contributed by atoms with Gasteiger partial charge in [-0.3, -0.25) is 0 Å². The molecule has 0 radical (unpaired) electrons. The molecule has 3 aromatic rings. The third kappa shape index (κ3) is 8.06. The number of carbonyl (C=O) groups is 1. The molecule has 3 fully saturated rings. The van der Waals surface area contributed by atoms with Crippen LogP contribution in [0.2, 0.25) is 0 Å². The molecule has 3 aliphatic rings. The van der Waals surface area contributed by atoms with Gasteiger partial charge in [-0.25, -0.2) is 19.2 Å². The summed E-state index contributed by atoms with van der Waals surface area (Å²) in [4.78, 5) is 26.2. The van der Waals surface area contributed by atoms with Crippen molar-refractivity contribution in [3.05, 3.63) is 66.4 Å². The Labute approximate surface area is 279 Å². The lowest BCUT2D eigenvalue weighted by molar-refractivity contribution is 0.0484. The van der Waals surface area contributed by atoms with Crippen molar-refractivity contribution in [3.8, 4) is 22.6 Å². The van der Waals surface area contributed by atoms with Crippen LogP contribution < -0.4 is 15.0 Å². The van der Waals surface area contributed by atoms with E-state index in [1.807, 2.05) is 39.0 Å². The molecule has 0 bridgehead atoms. The maximum absolute atomic E-state index is 14.6. The van der Waals surface area contributed by atoms with Crippen LogP contribution in [0.4, 0.5) is 15.0 Å². The first kappa shape index (κ1) is 33.2. The number of halogens is 1. The van der Waals surface area contributed by atoms with Crippen molar-refractivity contribution >= 4 is 11.9 Å².